The van der Waals surface area contributed by atoms with E-state index < -0.39 is 0 Å². The number of unbranched alkanes of at least 4 members (excludes halogenated alkanes) is 2. The van der Waals surface area contributed by atoms with Gasteiger partial charge in [0.05, 0.1) is 6.61 Å². The van der Waals surface area contributed by atoms with Crippen LogP contribution in [0.1, 0.15) is 62.3 Å². The first-order chi connectivity index (χ1) is 13.3. The molecular weight excluding hydrogens is 358 g/mol. The topological polar surface area (TPSA) is 44.8 Å². The first kappa shape index (κ1) is 20.5. The maximum atomic E-state index is 12.3. The van der Waals surface area contributed by atoms with E-state index >= 15 is 0 Å². The summed E-state index contributed by atoms with van der Waals surface area (Å²) >= 11 is 1.77. The van der Waals surface area contributed by atoms with Crippen LogP contribution in [0.4, 0.5) is 4.79 Å². The Bertz CT molecular complexity index is 584. The van der Waals surface area contributed by atoms with Crippen molar-refractivity contribution in [1.82, 2.24) is 15.1 Å². The van der Waals surface area contributed by atoms with Crippen LogP contribution in [0.5, 0.6) is 5.06 Å². The van der Waals surface area contributed by atoms with Gasteiger partial charge >= 0.3 is 6.03 Å². The third-order valence-electron chi connectivity index (χ3n) is 5.50. The molecule has 27 heavy (non-hydrogen) atoms. The molecule has 0 aromatic carbocycles. The molecule has 1 N–H and O–H groups in total. The summed E-state index contributed by atoms with van der Waals surface area (Å²) in [7, 11) is 0. The number of ether oxygens (including phenoxy) is 1. The molecule has 0 atom stereocenters. The molecule has 3 heterocycles. The van der Waals surface area contributed by atoms with Gasteiger partial charge in [0, 0.05) is 31.1 Å². The molecule has 2 amide bonds. The largest absolute Gasteiger partial charge is 0.484 e. The maximum absolute atomic E-state index is 12.3. The summed E-state index contributed by atoms with van der Waals surface area (Å²) in [6.07, 6.45) is 9.54. The first-order valence-electron chi connectivity index (χ1n) is 10.8. The summed E-state index contributed by atoms with van der Waals surface area (Å²) in [6.45, 7) is 8.93. The molecular formula is C21H35N3O2S. The lowest BCUT2D eigenvalue weighted by Gasteiger charge is -2.27. The molecule has 0 aliphatic carbocycles. The number of hydrogen-bond donors (Lipinski definition) is 1. The number of nitrogens with zero attached hydrogens (tertiary/aromatic N) is 2. The van der Waals surface area contributed by atoms with Crippen molar-refractivity contribution in [3.05, 3.63) is 16.5 Å². The number of likely N-dealkylation sites (tertiary alicyclic amines) is 1. The number of carbonyl (C=O) groups excluding carboxylic acids is 1. The highest BCUT2D eigenvalue weighted by Crippen LogP contribution is 2.33. The van der Waals surface area contributed by atoms with Gasteiger partial charge in [-0.1, -0.05) is 26.2 Å². The van der Waals surface area contributed by atoms with Gasteiger partial charge in [-0.3, -0.25) is 0 Å². The van der Waals surface area contributed by atoms with E-state index in [1.807, 2.05) is 4.90 Å². The molecule has 152 valence electrons. The van der Waals surface area contributed by atoms with Crippen LogP contribution in [-0.2, 0) is 13.0 Å². The smallest absolute Gasteiger partial charge is 0.317 e. The molecule has 6 heteroatoms. The van der Waals surface area contributed by atoms with Gasteiger partial charge in [0.2, 0.25) is 0 Å². The van der Waals surface area contributed by atoms with Gasteiger partial charge in [0.25, 0.3) is 0 Å². The van der Waals surface area contributed by atoms with E-state index in [1.165, 1.54) is 55.6 Å². The minimum atomic E-state index is 0.0759. The normalized spacial score (nSPS) is 17.6. The Balaban J connectivity index is 1.38. The summed E-state index contributed by atoms with van der Waals surface area (Å²) in [5, 5.41) is 4.07. The Kier molecular flexibility index (Phi) is 8.27. The summed E-state index contributed by atoms with van der Waals surface area (Å²) in [4.78, 5) is 18.2. The number of hydrogen-bond acceptors (Lipinski definition) is 4. The third-order valence-corrected chi connectivity index (χ3v) is 6.65. The number of urea groups is 1. The highest BCUT2D eigenvalue weighted by molar-refractivity contribution is 7.14. The quantitative estimate of drug-likeness (QED) is 0.638. The number of thiophene rings is 1. The molecule has 1 fully saturated rings. The molecule has 1 saturated heterocycles. The van der Waals surface area contributed by atoms with Gasteiger partial charge < -0.3 is 19.9 Å². The highest BCUT2D eigenvalue weighted by Gasteiger charge is 2.23. The third kappa shape index (κ3) is 6.39. The molecule has 5 nitrogen and oxygen atoms in total. The fourth-order valence-corrected chi connectivity index (χ4v) is 4.91. The molecule has 0 saturated carbocycles. The Hall–Kier alpha value is -1.27. The molecule has 0 spiro atoms. The van der Waals surface area contributed by atoms with Crippen molar-refractivity contribution >= 4 is 17.4 Å². The number of piperidine rings is 1. The van der Waals surface area contributed by atoms with Crippen LogP contribution < -0.4 is 10.1 Å². The van der Waals surface area contributed by atoms with Crippen molar-refractivity contribution in [1.29, 1.82) is 0 Å². The van der Waals surface area contributed by atoms with Gasteiger partial charge in [-0.05, 0) is 56.8 Å². The van der Waals surface area contributed by atoms with Crippen LogP contribution in [0.25, 0.3) is 0 Å². The summed E-state index contributed by atoms with van der Waals surface area (Å²) in [5.41, 5.74) is 1.26. The predicted octanol–water partition coefficient (Wildman–Crippen LogP) is 4.26. The maximum Gasteiger partial charge on any atom is 0.317 e. The van der Waals surface area contributed by atoms with Crippen molar-refractivity contribution in [2.45, 2.75) is 64.8 Å². The second-order valence-electron chi connectivity index (χ2n) is 7.73. The minimum absolute atomic E-state index is 0.0759. The summed E-state index contributed by atoms with van der Waals surface area (Å²) in [6, 6.07) is 2.23. The molecule has 2 aliphatic rings. The van der Waals surface area contributed by atoms with Crippen molar-refractivity contribution in [2.75, 3.05) is 39.3 Å². The zero-order valence-electron chi connectivity index (χ0n) is 16.8. The van der Waals surface area contributed by atoms with Crippen molar-refractivity contribution in [2.24, 2.45) is 0 Å². The standard InChI is InChI=1S/C21H35N3O2S/c1-2-3-5-10-22-21(25)24-14-9-19-18(17-24)16-20(27-19)26-15-8-13-23-11-6-4-7-12-23/h16H,2-15,17H2,1H3,(H,22,25). The van der Waals surface area contributed by atoms with E-state index in [2.05, 4.69) is 23.2 Å². The van der Waals surface area contributed by atoms with Crippen LogP contribution in [-0.4, -0.2) is 55.2 Å². The molecule has 0 bridgehead atoms. The van der Waals surface area contributed by atoms with Gasteiger partial charge in [-0.15, -0.1) is 11.3 Å². The van der Waals surface area contributed by atoms with Crippen LogP contribution in [0, 0.1) is 0 Å². The number of rotatable bonds is 9. The molecule has 1 aromatic heterocycles. The lowest BCUT2D eigenvalue weighted by molar-refractivity contribution is 0.192. The van der Waals surface area contributed by atoms with E-state index in [4.69, 9.17) is 4.74 Å². The van der Waals surface area contributed by atoms with Crippen LogP contribution in [0.15, 0.2) is 6.07 Å². The van der Waals surface area contributed by atoms with Crippen LogP contribution >= 0.6 is 11.3 Å². The van der Waals surface area contributed by atoms with Crippen molar-refractivity contribution in [3.63, 3.8) is 0 Å². The van der Waals surface area contributed by atoms with Crippen LogP contribution in [0.2, 0.25) is 0 Å². The predicted molar refractivity (Wildman–Crippen MR) is 112 cm³/mol. The highest BCUT2D eigenvalue weighted by atomic mass is 32.1. The second kappa shape index (κ2) is 10.9. The Morgan fingerprint density at radius 1 is 1.19 bits per heavy atom. The summed E-state index contributed by atoms with van der Waals surface area (Å²) in [5.74, 6) is 0. The number of carbonyl (C=O) groups is 1. The van der Waals surface area contributed by atoms with Gasteiger partial charge in [-0.25, -0.2) is 4.79 Å². The van der Waals surface area contributed by atoms with E-state index in [9.17, 15) is 4.79 Å². The Morgan fingerprint density at radius 2 is 2.04 bits per heavy atom. The van der Waals surface area contributed by atoms with Gasteiger partial charge in [0.15, 0.2) is 5.06 Å². The van der Waals surface area contributed by atoms with E-state index in [1.54, 1.807) is 11.3 Å². The number of nitrogens with one attached hydrogen (secondary N) is 1. The summed E-state index contributed by atoms with van der Waals surface area (Å²) < 4.78 is 6.01. The zero-order valence-corrected chi connectivity index (χ0v) is 17.6. The lowest BCUT2D eigenvalue weighted by atomic mass is 10.1. The van der Waals surface area contributed by atoms with E-state index in [0.29, 0.717) is 6.54 Å². The molecule has 2 aliphatic heterocycles. The molecule has 3 rings (SSSR count). The van der Waals surface area contributed by atoms with Gasteiger partial charge in [0.1, 0.15) is 0 Å². The average molecular weight is 394 g/mol. The lowest BCUT2D eigenvalue weighted by Crippen LogP contribution is -2.42. The van der Waals surface area contributed by atoms with E-state index in [-0.39, 0.29) is 6.03 Å². The zero-order chi connectivity index (χ0) is 18.9. The number of fused-ring (bicyclic) bond motifs is 1. The van der Waals surface area contributed by atoms with Crippen molar-refractivity contribution < 1.29 is 9.53 Å². The van der Waals surface area contributed by atoms with Crippen LogP contribution in [0.3, 0.4) is 0 Å². The fraction of sp³-hybridized carbons (Fsp3) is 0.762. The molecule has 0 radical (unpaired) electrons. The first-order valence-corrected chi connectivity index (χ1v) is 11.6. The minimum Gasteiger partial charge on any atom is -0.484 e. The number of amides is 2. The monoisotopic (exact) mass is 393 g/mol. The van der Waals surface area contributed by atoms with Crippen molar-refractivity contribution in [3.8, 4) is 5.06 Å². The Labute approximate surface area is 168 Å². The SMILES string of the molecule is CCCCCNC(=O)N1CCc2sc(OCCCN3CCCCC3)cc2C1. The Morgan fingerprint density at radius 3 is 2.85 bits per heavy atom. The second-order valence-corrected chi connectivity index (χ2v) is 8.83. The van der Waals surface area contributed by atoms with E-state index in [0.717, 1.165) is 50.6 Å². The fourth-order valence-electron chi connectivity index (χ4n) is 3.88. The average Bonchev–Trinajstić information content (AvgIpc) is 3.11. The van der Waals surface area contributed by atoms with Gasteiger partial charge in [-0.2, -0.15) is 0 Å². The molecule has 1 aromatic rings. The molecule has 0 unspecified atom stereocenters.